The molecule has 1 amide bonds. The van der Waals surface area contributed by atoms with Crippen LogP contribution in [0.5, 0.6) is 0 Å². The van der Waals surface area contributed by atoms with Crippen LogP contribution in [0.3, 0.4) is 0 Å². The number of hydrogen-bond donors (Lipinski definition) is 2. The highest BCUT2D eigenvalue weighted by atomic mass is 32.2. The molecule has 7 heteroatoms. The number of amides is 1. The first-order valence-corrected chi connectivity index (χ1v) is 8.29. The molecule has 0 heterocycles. The fourth-order valence-electron chi connectivity index (χ4n) is 1.61. The molecule has 0 fully saturated rings. The van der Waals surface area contributed by atoms with Crippen LogP contribution in [0.1, 0.15) is 37.0 Å². The lowest BCUT2D eigenvalue weighted by Crippen LogP contribution is -2.38. The average Bonchev–Trinajstić information content (AvgIpc) is 2.45. The third-order valence-electron chi connectivity index (χ3n) is 2.96. The summed E-state index contributed by atoms with van der Waals surface area (Å²) in [5, 5.41) is 11.0. The number of carboxylic acids is 1. The Hall–Kier alpha value is -1.89. The van der Waals surface area contributed by atoms with Crippen molar-refractivity contribution in [3.8, 4) is 0 Å². The molecule has 0 saturated heterocycles. The summed E-state index contributed by atoms with van der Waals surface area (Å²) < 4.78 is 23.9. The minimum Gasteiger partial charge on any atom is -0.480 e. The standard InChI is InChI=1S/C14H19NO5S/c1-3-4-9-21(19,20)12-7-5-11(6-8-12)13(16)15-10(2)14(17)18/h5-8,10H,3-4,9H2,1-2H3,(H,15,16)(H,17,18)/t10-/m1/s1. The van der Waals surface area contributed by atoms with Gasteiger partial charge in [-0.2, -0.15) is 0 Å². The Balaban J connectivity index is 2.83. The summed E-state index contributed by atoms with van der Waals surface area (Å²) in [6.45, 7) is 3.26. The summed E-state index contributed by atoms with van der Waals surface area (Å²) >= 11 is 0. The average molecular weight is 313 g/mol. The monoisotopic (exact) mass is 313 g/mol. The summed E-state index contributed by atoms with van der Waals surface area (Å²) in [6, 6.07) is 4.48. The molecule has 0 radical (unpaired) electrons. The van der Waals surface area contributed by atoms with Crippen LogP contribution in [0.2, 0.25) is 0 Å². The molecular weight excluding hydrogens is 294 g/mol. The van der Waals surface area contributed by atoms with Gasteiger partial charge in [-0.15, -0.1) is 0 Å². The van der Waals surface area contributed by atoms with Crippen LogP contribution >= 0.6 is 0 Å². The summed E-state index contributed by atoms with van der Waals surface area (Å²) in [6.07, 6.45) is 1.37. The number of aliphatic carboxylic acids is 1. The number of carboxylic acid groups (broad SMARTS) is 1. The summed E-state index contributed by atoms with van der Waals surface area (Å²) in [4.78, 5) is 22.6. The molecule has 0 aliphatic heterocycles. The number of hydrogen-bond acceptors (Lipinski definition) is 4. The van der Waals surface area contributed by atoms with E-state index in [1.54, 1.807) is 0 Å². The Morgan fingerprint density at radius 2 is 1.81 bits per heavy atom. The van der Waals surface area contributed by atoms with Crippen molar-refractivity contribution in [1.29, 1.82) is 0 Å². The van der Waals surface area contributed by atoms with Crippen LogP contribution < -0.4 is 5.32 Å². The first-order chi connectivity index (χ1) is 9.77. The van der Waals surface area contributed by atoms with E-state index in [-0.39, 0.29) is 16.2 Å². The minimum absolute atomic E-state index is 0.0745. The summed E-state index contributed by atoms with van der Waals surface area (Å²) in [7, 11) is -3.33. The van der Waals surface area contributed by atoms with Gasteiger partial charge in [0.1, 0.15) is 6.04 Å². The number of carbonyl (C=O) groups is 2. The predicted octanol–water partition coefficient (Wildman–Crippen LogP) is 1.46. The maximum absolute atomic E-state index is 12.0. The lowest BCUT2D eigenvalue weighted by atomic mass is 10.2. The third kappa shape index (κ3) is 4.86. The predicted molar refractivity (Wildman–Crippen MR) is 78.0 cm³/mol. The highest BCUT2D eigenvalue weighted by Gasteiger charge is 2.17. The molecule has 21 heavy (non-hydrogen) atoms. The second-order valence-corrected chi connectivity index (χ2v) is 6.84. The molecule has 6 nitrogen and oxygen atoms in total. The zero-order chi connectivity index (χ0) is 16.0. The van der Waals surface area contributed by atoms with Gasteiger partial charge in [-0.05, 0) is 37.6 Å². The smallest absolute Gasteiger partial charge is 0.325 e. The van der Waals surface area contributed by atoms with Crippen molar-refractivity contribution in [2.45, 2.75) is 37.6 Å². The summed E-state index contributed by atoms with van der Waals surface area (Å²) in [5.74, 6) is -1.62. The highest BCUT2D eigenvalue weighted by Crippen LogP contribution is 2.14. The Morgan fingerprint density at radius 1 is 1.24 bits per heavy atom. The Kier molecular flexibility index (Phi) is 5.90. The first-order valence-electron chi connectivity index (χ1n) is 6.64. The topological polar surface area (TPSA) is 101 Å². The molecule has 2 N–H and O–H groups in total. The van der Waals surface area contributed by atoms with Gasteiger partial charge < -0.3 is 10.4 Å². The van der Waals surface area contributed by atoms with Gasteiger partial charge in [0.15, 0.2) is 9.84 Å². The van der Waals surface area contributed by atoms with Gasteiger partial charge in [0.2, 0.25) is 0 Å². The number of sulfone groups is 1. The van der Waals surface area contributed by atoms with Crippen LogP contribution in [0.4, 0.5) is 0 Å². The molecule has 1 rings (SSSR count). The molecule has 0 unspecified atom stereocenters. The number of unbranched alkanes of at least 4 members (excludes halogenated alkanes) is 1. The highest BCUT2D eigenvalue weighted by molar-refractivity contribution is 7.91. The van der Waals surface area contributed by atoms with Crippen molar-refractivity contribution in [3.63, 3.8) is 0 Å². The molecule has 1 atom stereocenters. The molecular formula is C14H19NO5S. The van der Waals surface area contributed by atoms with Gasteiger partial charge in [-0.25, -0.2) is 8.42 Å². The van der Waals surface area contributed by atoms with Crippen LogP contribution in [-0.2, 0) is 14.6 Å². The maximum atomic E-state index is 12.0. The van der Waals surface area contributed by atoms with Crippen molar-refractivity contribution in [1.82, 2.24) is 5.32 Å². The second-order valence-electron chi connectivity index (χ2n) is 4.73. The normalized spacial score (nSPS) is 12.7. The van der Waals surface area contributed by atoms with Crippen molar-refractivity contribution in [3.05, 3.63) is 29.8 Å². The molecule has 116 valence electrons. The van der Waals surface area contributed by atoms with Gasteiger partial charge in [-0.3, -0.25) is 9.59 Å². The zero-order valence-electron chi connectivity index (χ0n) is 12.0. The van der Waals surface area contributed by atoms with Gasteiger partial charge >= 0.3 is 5.97 Å². The van der Waals surface area contributed by atoms with Gasteiger partial charge in [-0.1, -0.05) is 13.3 Å². The largest absolute Gasteiger partial charge is 0.480 e. The fraction of sp³-hybridized carbons (Fsp3) is 0.429. The van der Waals surface area contributed by atoms with Crippen molar-refractivity contribution in [2.75, 3.05) is 5.75 Å². The minimum atomic E-state index is -3.33. The second kappa shape index (κ2) is 7.21. The van der Waals surface area contributed by atoms with Crippen LogP contribution in [0.25, 0.3) is 0 Å². The lowest BCUT2D eigenvalue weighted by Gasteiger charge is -2.09. The molecule has 0 aliphatic rings. The van der Waals surface area contributed by atoms with Crippen LogP contribution in [0.15, 0.2) is 29.2 Å². The fourth-order valence-corrected chi connectivity index (χ4v) is 3.06. The first kappa shape index (κ1) is 17.2. The van der Waals surface area contributed by atoms with E-state index in [1.165, 1.54) is 31.2 Å². The molecule has 0 aliphatic carbocycles. The van der Waals surface area contributed by atoms with E-state index in [2.05, 4.69) is 5.32 Å². The van der Waals surface area contributed by atoms with Crippen molar-refractivity contribution in [2.24, 2.45) is 0 Å². The molecule has 1 aromatic carbocycles. The Morgan fingerprint density at radius 3 is 2.29 bits per heavy atom. The Labute approximate surface area is 124 Å². The van der Waals surface area contributed by atoms with Crippen LogP contribution in [-0.4, -0.2) is 37.2 Å². The number of rotatable bonds is 7. The van der Waals surface area contributed by atoms with Crippen molar-refractivity contribution >= 4 is 21.7 Å². The van der Waals surface area contributed by atoms with E-state index in [0.29, 0.717) is 6.42 Å². The lowest BCUT2D eigenvalue weighted by molar-refractivity contribution is -0.138. The zero-order valence-corrected chi connectivity index (χ0v) is 12.8. The van der Waals surface area contributed by atoms with E-state index in [1.807, 2.05) is 6.92 Å². The Bertz CT molecular complexity index is 607. The molecule has 1 aromatic rings. The summed E-state index contributed by atoms with van der Waals surface area (Å²) in [5.41, 5.74) is 0.220. The van der Waals surface area contributed by atoms with E-state index in [9.17, 15) is 18.0 Å². The van der Waals surface area contributed by atoms with E-state index >= 15 is 0 Å². The quantitative estimate of drug-likeness (QED) is 0.793. The number of nitrogens with one attached hydrogen (secondary N) is 1. The third-order valence-corrected chi connectivity index (χ3v) is 4.78. The maximum Gasteiger partial charge on any atom is 0.325 e. The van der Waals surface area contributed by atoms with Gasteiger partial charge in [0, 0.05) is 5.56 Å². The molecule has 0 aromatic heterocycles. The SMILES string of the molecule is CCCCS(=O)(=O)c1ccc(C(=O)N[C@H](C)C(=O)O)cc1. The van der Waals surface area contributed by atoms with Crippen LogP contribution in [0, 0.1) is 0 Å². The van der Waals surface area contributed by atoms with E-state index < -0.39 is 27.8 Å². The van der Waals surface area contributed by atoms with Crippen molar-refractivity contribution < 1.29 is 23.1 Å². The number of benzene rings is 1. The number of carbonyl (C=O) groups excluding carboxylic acids is 1. The van der Waals surface area contributed by atoms with E-state index in [4.69, 9.17) is 5.11 Å². The molecule has 0 spiro atoms. The van der Waals surface area contributed by atoms with Gasteiger partial charge in [0.25, 0.3) is 5.91 Å². The van der Waals surface area contributed by atoms with E-state index in [0.717, 1.165) is 6.42 Å². The molecule has 0 bridgehead atoms. The molecule has 0 saturated carbocycles. The van der Waals surface area contributed by atoms with Gasteiger partial charge in [0.05, 0.1) is 10.6 Å².